The van der Waals surface area contributed by atoms with Gasteiger partial charge in [0.05, 0.1) is 5.75 Å². The predicted octanol–water partition coefficient (Wildman–Crippen LogP) is 4.98. The minimum absolute atomic E-state index is 0.0310. The number of nitrogens with zero attached hydrogens (tertiary/aromatic N) is 2. The van der Waals surface area contributed by atoms with Crippen molar-refractivity contribution in [2.24, 2.45) is 5.92 Å². The van der Waals surface area contributed by atoms with Gasteiger partial charge in [0.1, 0.15) is 29.4 Å². The highest BCUT2D eigenvalue weighted by molar-refractivity contribution is 8.00. The maximum absolute atomic E-state index is 13.3. The monoisotopic (exact) mass is 533 g/mol. The molecule has 0 bridgehead atoms. The lowest BCUT2D eigenvalue weighted by Crippen LogP contribution is -2.25. The fraction of sp³-hybridized carbons (Fsp3) is 0.192. The van der Waals surface area contributed by atoms with Crippen molar-refractivity contribution in [3.63, 3.8) is 0 Å². The fourth-order valence-corrected chi connectivity index (χ4v) is 5.57. The van der Waals surface area contributed by atoms with Gasteiger partial charge in [0.15, 0.2) is 4.34 Å². The molecule has 9 nitrogen and oxygen atoms in total. The third-order valence-corrected chi connectivity index (χ3v) is 7.90. The van der Waals surface area contributed by atoms with Gasteiger partial charge in [-0.15, -0.1) is 10.2 Å². The quantitative estimate of drug-likeness (QED) is 0.199. The van der Waals surface area contributed by atoms with Crippen LogP contribution in [0.3, 0.4) is 0 Å². The summed E-state index contributed by atoms with van der Waals surface area (Å²) >= 11 is 2.58. The summed E-state index contributed by atoms with van der Waals surface area (Å²) in [5.41, 5.74) is 0.847. The van der Waals surface area contributed by atoms with Gasteiger partial charge >= 0.3 is 5.97 Å². The first kappa shape index (κ1) is 23.4. The van der Waals surface area contributed by atoms with Gasteiger partial charge in [-0.25, -0.2) is 0 Å². The van der Waals surface area contributed by atoms with E-state index in [0.29, 0.717) is 43.6 Å². The van der Waals surface area contributed by atoms with Crippen LogP contribution in [0.5, 0.6) is 17.2 Å². The molecule has 1 amide bonds. The first-order chi connectivity index (χ1) is 18.0. The first-order valence-electron chi connectivity index (χ1n) is 11.5. The molecule has 0 saturated heterocycles. The standard InChI is InChI=1S/C26H19N3O6S2/c30-18-11-15(13-36-26-29-28-25(37-26)27-23(31)14-9-10-14)33-12-21(18)35-24(32)22-16-5-1-3-7-19(16)34-20-8-4-2-6-17(20)22/h1-8,11-12,14,22H,9-10,13H2,(H,27,28,31). The molecular formula is C26H19N3O6S2. The second-order valence-corrected chi connectivity index (χ2v) is 10.7. The molecule has 0 atom stereocenters. The van der Waals surface area contributed by atoms with Gasteiger partial charge in [-0.2, -0.15) is 0 Å². The number of amides is 1. The van der Waals surface area contributed by atoms with Crippen LogP contribution in [0.1, 0.15) is 35.6 Å². The van der Waals surface area contributed by atoms with E-state index >= 15 is 0 Å². The SMILES string of the molecule is O=C(Nc1nnc(SCc2cc(=O)c(OC(=O)C3c4ccccc4Oc4ccccc43)co2)s1)C1CC1. The number of esters is 1. The summed E-state index contributed by atoms with van der Waals surface area (Å²) in [5.74, 6) is 0.333. The number of hydrogen-bond donors (Lipinski definition) is 1. The number of fused-ring (bicyclic) bond motifs is 2. The molecule has 186 valence electrons. The molecule has 6 rings (SSSR count). The van der Waals surface area contributed by atoms with Crippen molar-refractivity contribution in [3.05, 3.63) is 88.0 Å². The average Bonchev–Trinajstić information content (AvgIpc) is 3.67. The minimum Gasteiger partial charge on any atom is -0.464 e. The Morgan fingerprint density at radius 1 is 1.05 bits per heavy atom. The second kappa shape index (κ2) is 9.83. The molecule has 3 heterocycles. The third-order valence-electron chi connectivity index (χ3n) is 5.90. The smallest absolute Gasteiger partial charge is 0.323 e. The van der Waals surface area contributed by atoms with Crippen molar-refractivity contribution in [3.8, 4) is 17.2 Å². The topological polar surface area (TPSA) is 121 Å². The van der Waals surface area contributed by atoms with Crippen LogP contribution >= 0.6 is 23.1 Å². The largest absolute Gasteiger partial charge is 0.464 e. The number of nitrogens with one attached hydrogen (secondary N) is 1. The summed E-state index contributed by atoms with van der Waals surface area (Å²) in [6, 6.07) is 15.8. The number of aromatic nitrogens is 2. The third kappa shape index (κ3) is 5.00. The van der Waals surface area contributed by atoms with E-state index in [2.05, 4.69) is 15.5 Å². The lowest BCUT2D eigenvalue weighted by molar-refractivity contribution is -0.135. The maximum atomic E-state index is 13.3. The highest BCUT2D eigenvalue weighted by Crippen LogP contribution is 2.44. The van der Waals surface area contributed by atoms with Gasteiger partial charge in [0.25, 0.3) is 0 Å². The Hall–Kier alpha value is -3.96. The lowest BCUT2D eigenvalue weighted by Gasteiger charge is -2.26. The Morgan fingerprint density at radius 2 is 1.76 bits per heavy atom. The Morgan fingerprint density at radius 3 is 2.43 bits per heavy atom. The summed E-state index contributed by atoms with van der Waals surface area (Å²) < 4.78 is 17.6. The van der Waals surface area contributed by atoms with E-state index in [-0.39, 0.29) is 17.6 Å². The number of ether oxygens (including phenoxy) is 2. The molecule has 37 heavy (non-hydrogen) atoms. The van der Waals surface area contributed by atoms with Crippen LogP contribution in [-0.2, 0) is 15.3 Å². The van der Waals surface area contributed by atoms with Crippen LogP contribution in [0.15, 0.2) is 74.4 Å². The van der Waals surface area contributed by atoms with E-state index < -0.39 is 17.3 Å². The molecule has 0 radical (unpaired) electrons. The number of para-hydroxylation sites is 2. The molecule has 1 aliphatic carbocycles. The van der Waals surface area contributed by atoms with Crippen molar-refractivity contribution in [1.29, 1.82) is 0 Å². The van der Waals surface area contributed by atoms with E-state index in [1.165, 1.54) is 29.2 Å². The zero-order chi connectivity index (χ0) is 25.4. The Kier molecular flexibility index (Phi) is 6.23. The van der Waals surface area contributed by atoms with Crippen LogP contribution in [-0.4, -0.2) is 22.1 Å². The molecule has 4 aromatic rings. The molecule has 2 aromatic heterocycles. The summed E-state index contributed by atoms with van der Waals surface area (Å²) in [6.45, 7) is 0. The highest BCUT2D eigenvalue weighted by atomic mass is 32.2. The Balaban J connectivity index is 1.13. The fourth-order valence-electron chi connectivity index (χ4n) is 3.92. The number of carbonyl (C=O) groups excluding carboxylic acids is 2. The van der Waals surface area contributed by atoms with Crippen molar-refractivity contribution in [2.45, 2.75) is 28.9 Å². The van der Waals surface area contributed by atoms with Crippen molar-refractivity contribution in [1.82, 2.24) is 10.2 Å². The van der Waals surface area contributed by atoms with Crippen LogP contribution in [0.25, 0.3) is 0 Å². The molecule has 1 aliphatic heterocycles. The molecule has 1 saturated carbocycles. The summed E-state index contributed by atoms with van der Waals surface area (Å²) in [5, 5.41) is 11.2. The van der Waals surface area contributed by atoms with Crippen LogP contribution in [0, 0.1) is 5.92 Å². The van der Waals surface area contributed by atoms with E-state index in [1.807, 2.05) is 24.3 Å². The molecule has 11 heteroatoms. The zero-order valence-corrected chi connectivity index (χ0v) is 20.8. The molecule has 1 fully saturated rings. The lowest BCUT2D eigenvalue weighted by atomic mass is 9.88. The first-order valence-corrected chi connectivity index (χ1v) is 13.3. The molecule has 1 N–H and O–H groups in total. The van der Waals surface area contributed by atoms with Gasteiger partial charge in [0.2, 0.25) is 22.2 Å². The number of benzene rings is 2. The van der Waals surface area contributed by atoms with Crippen molar-refractivity contribution >= 4 is 40.1 Å². The maximum Gasteiger partial charge on any atom is 0.323 e. The van der Waals surface area contributed by atoms with E-state index in [0.717, 1.165) is 19.1 Å². The minimum atomic E-state index is -0.747. The Bertz CT molecular complexity index is 1520. The molecule has 0 unspecified atom stereocenters. The number of hydrogen-bond acceptors (Lipinski definition) is 10. The molecular weight excluding hydrogens is 514 g/mol. The van der Waals surface area contributed by atoms with Crippen LogP contribution < -0.4 is 20.2 Å². The van der Waals surface area contributed by atoms with Gasteiger partial charge < -0.3 is 19.2 Å². The predicted molar refractivity (Wildman–Crippen MR) is 136 cm³/mol. The number of rotatable bonds is 7. The molecule has 0 spiro atoms. The summed E-state index contributed by atoms with van der Waals surface area (Å²) in [6.07, 6.45) is 2.97. The van der Waals surface area contributed by atoms with Crippen LogP contribution in [0.4, 0.5) is 5.13 Å². The van der Waals surface area contributed by atoms with E-state index in [9.17, 15) is 14.4 Å². The van der Waals surface area contributed by atoms with Gasteiger partial charge in [0, 0.05) is 23.1 Å². The number of carbonyl (C=O) groups is 2. The van der Waals surface area contributed by atoms with E-state index in [1.54, 1.807) is 24.3 Å². The zero-order valence-electron chi connectivity index (χ0n) is 19.2. The number of thioether (sulfide) groups is 1. The van der Waals surface area contributed by atoms with E-state index in [4.69, 9.17) is 13.9 Å². The highest BCUT2D eigenvalue weighted by Gasteiger charge is 2.34. The number of anilines is 1. The molecule has 2 aliphatic rings. The molecule has 2 aromatic carbocycles. The van der Waals surface area contributed by atoms with Crippen molar-refractivity contribution < 1.29 is 23.5 Å². The normalized spacial score (nSPS) is 14.3. The van der Waals surface area contributed by atoms with Crippen molar-refractivity contribution in [2.75, 3.05) is 5.32 Å². The summed E-state index contributed by atoms with van der Waals surface area (Å²) in [4.78, 5) is 37.8. The average molecular weight is 534 g/mol. The second-order valence-electron chi connectivity index (χ2n) is 8.53. The van der Waals surface area contributed by atoms with Gasteiger partial charge in [-0.1, -0.05) is 59.5 Å². The summed E-state index contributed by atoms with van der Waals surface area (Å²) in [7, 11) is 0. The van der Waals surface area contributed by atoms with Gasteiger partial charge in [-0.3, -0.25) is 14.4 Å². The Labute approximate surface area is 218 Å². The van der Waals surface area contributed by atoms with Gasteiger partial charge in [-0.05, 0) is 25.0 Å². The van der Waals surface area contributed by atoms with Crippen LogP contribution in [0.2, 0.25) is 0 Å².